The van der Waals surface area contributed by atoms with Gasteiger partial charge < -0.3 is 15.5 Å². The van der Waals surface area contributed by atoms with Crippen LogP contribution in [-0.4, -0.2) is 59.9 Å². The normalized spacial score (nSPS) is 19.5. The van der Waals surface area contributed by atoms with Crippen LogP contribution in [0.4, 0.5) is 4.79 Å². The van der Waals surface area contributed by atoms with Crippen molar-refractivity contribution in [1.29, 1.82) is 0 Å². The lowest BCUT2D eigenvalue weighted by Crippen LogP contribution is -2.43. The second-order valence-electron chi connectivity index (χ2n) is 6.72. The lowest BCUT2D eigenvalue weighted by atomic mass is 9.99. The van der Waals surface area contributed by atoms with Crippen LogP contribution in [-0.2, 0) is 11.3 Å². The molecule has 1 aromatic heterocycles. The molecule has 10 heteroatoms. The third-order valence-corrected chi connectivity index (χ3v) is 5.79. The molecule has 1 aromatic rings. The van der Waals surface area contributed by atoms with Crippen molar-refractivity contribution in [1.82, 2.24) is 20.4 Å². The van der Waals surface area contributed by atoms with Gasteiger partial charge in [-0.15, -0.1) is 35.3 Å². The van der Waals surface area contributed by atoms with E-state index in [1.165, 1.54) is 4.90 Å². The van der Waals surface area contributed by atoms with E-state index >= 15 is 0 Å². The molecular formula is C18H29ClIN5O2S. The lowest BCUT2D eigenvalue weighted by molar-refractivity contribution is -0.130. The van der Waals surface area contributed by atoms with Crippen molar-refractivity contribution in [3.05, 3.63) is 21.3 Å². The first-order valence-corrected chi connectivity index (χ1v) is 10.4. The number of guanidine groups is 1. The maximum absolute atomic E-state index is 12.4. The molecule has 2 N–H and O–H groups in total. The monoisotopic (exact) mass is 541 g/mol. The highest BCUT2D eigenvalue weighted by molar-refractivity contribution is 14.0. The van der Waals surface area contributed by atoms with Crippen molar-refractivity contribution in [3.8, 4) is 0 Å². The highest BCUT2D eigenvalue weighted by Gasteiger charge is 2.45. The molecule has 1 fully saturated rings. The molecule has 1 saturated heterocycles. The number of imide groups is 1. The molecule has 1 atom stereocenters. The zero-order chi connectivity index (χ0) is 20.0. The summed E-state index contributed by atoms with van der Waals surface area (Å²) in [5.41, 5.74) is -0.780. The Kier molecular flexibility index (Phi) is 9.99. The third kappa shape index (κ3) is 6.21. The second-order valence-corrected chi connectivity index (χ2v) is 8.52. The Morgan fingerprint density at radius 1 is 1.39 bits per heavy atom. The maximum Gasteiger partial charge on any atom is 0.325 e. The summed E-state index contributed by atoms with van der Waals surface area (Å²) in [5.74, 6) is 0.634. The summed E-state index contributed by atoms with van der Waals surface area (Å²) < 4.78 is 0.771. The summed E-state index contributed by atoms with van der Waals surface area (Å²) in [4.78, 5) is 33.5. The Labute approximate surface area is 192 Å². The molecule has 1 aliphatic rings. The second kappa shape index (κ2) is 11.2. The fourth-order valence-electron chi connectivity index (χ4n) is 2.82. The summed E-state index contributed by atoms with van der Waals surface area (Å²) >= 11 is 7.54. The van der Waals surface area contributed by atoms with Crippen molar-refractivity contribution in [2.24, 2.45) is 4.99 Å². The summed E-state index contributed by atoms with van der Waals surface area (Å²) in [7, 11) is 1.97. The molecule has 0 radical (unpaired) electrons. The molecule has 3 amide bonds. The van der Waals surface area contributed by atoms with E-state index < -0.39 is 5.54 Å². The average Bonchev–Trinajstić information content (AvgIpc) is 3.12. The van der Waals surface area contributed by atoms with Gasteiger partial charge in [0.1, 0.15) is 5.54 Å². The zero-order valence-electron chi connectivity index (χ0n) is 16.7. The number of thiophene rings is 1. The third-order valence-electron chi connectivity index (χ3n) is 4.57. The maximum atomic E-state index is 12.4. The van der Waals surface area contributed by atoms with Crippen LogP contribution in [0.2, 0.25) is 4.34 Å². The Morgan fingerprint density at radius 3 is 2.64 bits per heavy atom. The van der Waals surface area contributed by atoms with E-state index in [-0.39, 0.29) is 35.9 Å². The smallest absolute Gasteiger partial charge is 0.325 e. The van der Waals surface area contributed by atoms with Crippen LogP contribution in [0.5, 0.6) is 0 Å². The van der Waals surface area contributed by atoms with Crippen molar-refractivity contribution in [2.75, 3.05) is 26.7 Å². The van der Waals surface area contributed by atoms with Gasteiger partial charge in [-0.05, 0) is 38.8 Å². The first-order valence-electron chi connectivity index (χ1n) is 9.18. The molecule has 0 aromatic carbocycles. The van der Waals surface area contributed by atoms with E-state index in [1.54, 1.807) is 18.3 Å². The minimum atomic E-state index is -0.780. The van der Waals surface area contributed by atoms with Crippen LogP contribution in [0.15, 0.2) is 17.1 Å². The number of nitrogens with zero attached hydrogens (tertiary/aromatic N) is 3. The Hall–Kier alpha value is -1.07. The van der Waals surface area contributed by atoms with Crippen LogP contribution in [0.3, 0.4) is 0 Å². The van der Waals surface area contributed by atoms with Crippen LogP contribution in [0.25, 0.3) is 0 Å². The van der Waals surface area contributed by atoms with Gasteiger partial charge in [0.2, 0.25) is 0 Å². The van der Waals surface area contributed by atoms with E-state index in [0.717, 1.165) is 21.7 Å². The zero-order valence-corrected chi connectivity index (χ0v) is 20.7. The van der Waals surface area contributed by atoms with Gasteiger partial charge in [-0.2, -0.15) is 0 Å². The predicted octanol–water partition coefficient (Wildman–Crippen LogP) is 3.53. The van der Waals surface area contributed by atoms with Gasteiger partial charge in [-0.25, -0.2) is 4.79 Å². The molecule has 0 saturated carbocycles. The first kappa shape index (κ1) is 25.0. The topological polar surface area (TPSA) is 77.0 Å². The lowest BCUT2D eigenvalue weighted by Gasteiger charge is -2.21. The summed E-state index contributed by atoms with van der Waals surface area (Å²) in [5, 5.41) is 6.03. The van der Waals surface area contributed by atoms with Crippen molar-refractivity contribution >= 4 is 64.8 Å². The van der Waals surface area contributed by atoms with Gasteiger partial charge in [0.15, 0.2) is 5.96 Å². The summed E-state index contributed by atoms with van der Waals surface area (Å²) in [6, 6.07) is 3.59. The Bertz CT molecular complexity index is 714. The predicted molar refractivity (Wildman–Crippen MR) is 126 cm³/mol. The van der Waals surface area contributed by atoms with E-state index in [4.69, 9.17) is 11.6 Å². The van der Waals surface area contributed by atoms with Gasteiger partial charge in [-0.3, -0.25) is 14.7 Å². The van der Waals surface area contributed by atoms with Gasteiger partial charge in [-0.1, -0.05) is 18.5 Å². The quantitative estimate of drug-likeness (QED) is 0.174. The van der Waals surface area contributed by atoms with E-state index in [2.05, 4.69) is 15.6 Å². The number of hydrogen-bond acceptors (Lipinski definition) is 4. The SMILES string of the molecule is CCNC(=NCCCN1C(=O)NC(C)(CC)C1=O)N(C)Cc1ccc(Cl)s1.I. The molecule has 0 bridgehead atoms. The highest BCUT2D eigenvalue weighted by Crippen LogP contribution is 2.22. The Morgan fingerprint density at radius 2 is 2.11 bits per heavy atom. The minimum absolute atomic E-state index is 0. The minimum Gasteiger partial charge on any atom is -0.357 e. The molecule has 1 aliphatic heterocycles. The number of nitrogens with one attached hydrogen (secondary N) is 2. The van der Waals surface area contributed by atoms with Crippen LogP contribution >= 0.6 is 46.9 Å². The fraction of sp³-hybridized carbons (Fsp3) is 0.611. The molecule has 158 valence electrons. The molecule has 0 spiro atoms. The van der Waals surface area contributed by atoms with Crippen molar-refractivity contribution < 1.29 is 9.59 Å². The van der Waals surface area contributed by atoms with E-state index in [0.29, 0.717) is 32.5 Å². The molecule has 7 nitrogen and oxygen atoms in total. The molecule has 0 aliphatic carbocycles. The van der Waals surface area contributed by atoms with Crippen molar-refractivity contribution in [2.45, 2.75) is 45.7 Å². The summed E-state index contributed by atoms with van der Waals surface area (Å²) in [6.07, 6.45) is 1.20. The number of aliphatic imine (C=N–C) groups is 1. The van der Waals surface area contributed by atoms with Gasteiger partial charge in [0.05, 0.1) is 10.9 Å². The van der Waals surface area contributed by atoms with E-state index in [9.17, 15) is 9.59 Å². The number of carbonyl (C=O) groups is 2. The standard InChI is InChI=1S/C18H28ClN5O2S.HI/c1-5-18(3)15(25)24(17(26)22-18)11-7-10-21-16(20-6-2)23(4)12-13-8-9-14(19)27-13;/h8-9H,5-7,10-12H2,1-4H3,(H,20,21)(H,22,26);1H. The van der Waals surface area contributed by atoms with Crippen molar-refractivity contribution in [3.63, 3.8) is 0 Å². The number of urea groups is 1. The van der Waals surface area contributed by atoms with Gasteiger partial charge in [0, 0.05) is 31.6 Å². The largest absolute Gasteiger partial charge is 0.357 e. The fourth-order valence-corrected chi connectivity index (χ4v) is 3.96. The Balaban J connectivity index is 0.00000392. The molecule has 28 heavy (non-hydrogen) atoms. The van der Waals surface area contributed by atoms with Crippen LogP contribution in [0, 0.1) is 0 Å². The number of rotatable bonds is 8. The number of hydrogen-bond donors (Lipinski definition) is 2. The summed E-state index contributed by atoms with van der Waals surface area (Å²) in [6.45, 7) is 8.04. The number of amides is 3. The first-order chi connectivity index (χ1) is 12.8. The van der Waals surface area contributed by atoms with Crippen LogP contribution in [0.1, 0.15) is 38.5 Å². The van der Waals surface area contributed by atoms with Gasteiger partial charge >= 0.3 is 6.03 Å². The molecule has 2 heterocycles. The van der Waals surface area contributed by atoms with Gasteiger partial charge in [0.25, 0.3) is 5.91 Å². The molecule has 1 unspecified atom stereocenters. The average molecular weight is 542 g/mol. The molecular weight excluding hydrogens is 513 g/mol. The number of carbonyl (C=O) groups excluding carboxylic acids is 2. The van der Waals surface area contributed by atoms with Crippen LogP contribution < -0.4 is 10.6 Å². The van der Waals surface area contributed by atoms with E-state index in [1.807, 2.05) is 37.9 Å². The highest BCUT2D eigenvalue weighted by atomic mass is 127. The molecule has 2 rings (SSSR count). The number of halogens is 2.